The molecule has 3 aliphatic rings. The van der Waals surface area contributed by atoms with E-state index in [9.17, 15) is 14.4 Å². The highest BCUT2D eigenvalue weighted by Gasteiger charge is 2.33. The number of methoxy groups -OCH3 is 3. The van der Waals surface area contributed by atoms with Crippen LogP contribution in [0.3, 0.4) is 0 Å². The third-order valence-electron chi connectivity index (χ3n) is 24.4. The zero-order valence-corrected chi connectivity index (χ0v) is 71.1. The lowest BCUT2D eigenvalue weighted by Crippen LogP contribution is -2.33. The van der Waals surface area contributed by atoms with E-state index in [0.717, 1.165) is 183 Å². The number of fused-ring (bicyclic) bond motifs is 9. The Bertz CT molecular complexity index is 6510. The lowest BCUT2D eigenvalue weighted by Gasteiger charge is -2.28. The minimum atomic E-state index is -0.147. The van der Waals surface area contributed by atoms with Gasteiger partial charge in [0, 0.05) is 186 Å². The average molecular weight is 1650 g/mol. The van der Waals surface area contributed by atoms with Crippen molar-refractivity contribution in [1.82, 2.24) is 74.9 Å². The summed E-state index contributed by atoms with van der Waals surface area (Å²) in [6.45, 7) is 16.7. The molecule has 0 bridgehead atoms. The van der Waals surface area contributed by atoms with Crippen LogP contribution in [0, 0.1) is 0 Å². The Hall–Kier alpha value is -13.4. The molecule has 12 aromatic carbocycles. The minimum Gasteiger partial charge on any atom is -0.496 e. The zero-order valence-electron chi connectivity index (χ0n) is 71.1. The third kappa shape index (κ3) is 18.3. The van der Waals surface area contributed by atoms with Gasteiger partial charge in [0.05, 0.1) is 47.3 Å². The highest BCUT2D eigenvalue weighted by Crippen LogP contribution is 2.36. The van der Waals surface area contributed by atoms with E-state index in [0.29, 0.717) is 82.0 Å². The highest BCUT2D eigenvalue weighted by molar-refractivity contribution is 5.98. The molecule has 22 nitrogen and oxygen atoms in total. The number of amides is 3. The van der Waals surface area contributed by atoms with Gasteiger partial charge in [-0.25, -0.2) is 4.98 Å². The van der Waals surface area contributed by atoms with Gasteiger partial charge in [0.25, 0.3) is 17.7 Å². The van der Waals surface area contributed by atoms with Gasteiger partial charge >= 0.3 is 0 Å². The molecular weight excluding hydrogens is 1550 g/mol. The summed E-state index contributed by atoms with van der Waals surface area (Å²) in [5, 5.41) is 41.4. The van der Waals surface area contributed by atoms with E-state index in [1.807, 2.05) is 111 Å². The molecule has 124 heavy (non-hydrogen) atoms. The van der Waals surface area contributed by atoms with Crippen LogP contribution in [0.15, 0.2) is 255 Å². The first-order valence-corrected chi connectivity index (χ1v) is 43.1. The Kier molecular flexibility index (Phi) is 25.7. The second-order valence-corrected chi connectivity index (χ2v) is 32.5. The van der Waals surface area contributed by atoms with Gasteiger partial charge in [-0.05, 0) is 100 Å². The predicted octanol–water partition coefficient (Wildman–Crippen LogP) is 15.9. The molecule has 6 N–H and O–H groups in total. The van der Waals surface area contributed by atoms with Gasteiger partial charge in [-0.1, -0.05) is 232 Å². The van der Waals surface area contributed by atoms with E-state index < -0.39 is 0 Å². The second-order valence-electron chi connectivity index (χ2n) is 32.5. The molecule has 7 heterocycles. The molecule has 0 spiro atoms. The molecule has 0 saturated carbocycles. The molecule has 630 valence electrons. The molecule has 4 aromatic heterocycles. The van der Waals surface area contributed by atoms with Crippen LogP contribution in [0.1, 0.15) is 112 Å². The molecule has 22 heteroatoms. The van der Waals surface area contributed by atoms with Crippen molar-refractivity contribution in [3.8, 4) is 17.2 Å². The fraction of sp³-hybridized carbons (Fsp3) is 0.265. The smallest absolute Gasteiger partial charge is 0.272 e. The SMILES string of the molecule is COc1ccc(CN2CCc3c(c(C(=O)NCc4cccc5ccccc45)nn3CCN)C2)c2ccccc12.COc1ccc(CN2CCc3c(c(C(=O)NCc4cccc5ccccc45)nn3CCNC(C)C)C2)c2ccccc12.COc1ccc(CN2CCc3c(c(C(=O)NCc4cccc5ccccc45)nn3CCn3ccnc3)C2)c2ccccc12. The lowest BCUT2D eigenvalue weighted by molar-refractivity contribution is 0.0934. The fourth-order valence-corrected chi connectivity index (χ4v) is 18.1. The average Bonchev–Trinajstić information content (AvgIpc) is 1.26. The first-order valence-electron chi connectivity index (χ1n) is 43.1. The van der Waals surface area contributed by atoms with E-state index in [4.69, 9.17) is 35.2 Å². The highest BCUT2D eigenvalue weighted by atomic mass is 16.5. The van der Waals surface area contributed by atoms with E-state index in [2.05, 4.69) is 211 Å². The first-order chi connectivity index (χ1) is 60.8. The van der Waals surface area contributed by atoms with Crippen molar-refractivity contribution in [3.63, 3.8) is 0 Å². The van der Waals surface area contributed by atoms with Gasteiger partial charge in [-0.15, -0.1) is 0 Å². The third-order valence-corrected chi connectivity index (χ3v) is 24.4. The van der Waals surface area contributed by atoms with Crippen LogP contribution in [0.4, 0.5) is 0 Å². The number of carbonyl (C=O) groups excluding carboxylic acids is 3. The standard InChI is InChI=1S/C35H34N6O2.C35H39N5O2.C32H33N5O2/c1-43-33-14-13-27(29-11-4-5-12-30(29)33)22-40-17-15-32-31(23-40)34(38-41(32)20-19-39-18-16-36-24-39)35(42)37-21-26-9-6-8-25-7-2-3-10-28(25)26;1-24(2)36-18-20-40-32-17-19-39(22-27-15-16-33(42-3)30-14-7-6-13-29(27)30)23-31(32)34(38-40)35(41)37-21-26-11-8-10-25-9-4-5-12-28(25)26;1-39-30-14-13-24(26-11-4-5-12-27(26)30)20-36-17-15-29-28(21-36)31(35-37(29)18-16-33)32(38)34-19-23-9-6-8-22-7-2-3-10-25(22)23/h2-14,16,18,24H,15,17,19-23H2,1H3,(H,37,42);4-16,24,36H,17-23H2,1-3H3,(H,37,41);2-14H,15-21,33H2,1H3,(H,34,38). The normalized spacial score (nSPS) is 13.4. The molecule has 3 amide bonds. The van der Waals surface area contributed by atoms with E-state index in [1.165, 1.54) is 43.9 Å². The number of hydrogen-bond acceptors (Lipinski definition) is 15. The molecule has 0 saturated heterocycles. The number of nitrogens with two attached hydrogens (primary N) is 1. The summed E-state index contributed by atoms with van der Waals surface area (Å²) in [6.07, 6.45) is 8.06. The number of aromatic nitrogens is 8. The summed E-state index contributed by atoms with van der Waals surface area (Å²) in [5.41, 5.74) is 21.0. The Balaban J connectivity index is 0.000000132. The second kappa shape index (κ2) is 38.4. The Morgan fingerprint density at radius 2 is 0.710 bits per heavy atom. The van der Waals surface area contributed by atoms with Crippen molar-refractivity contribution in [3.05, 3.63) is 340 Å². The largest absolute Gasteiger partial charge is 0.496 e. The summed E-state index contributed by atoms with van der Waals surface area (Å²) in [4.78, 5) is 52.4. The summed E-state index contributed by atoms with van der Waals surface area (Å²) in [5.74, 6) is 2.24. The zero-order chi connectivity index (χ0) is 85.0. The predicted molar refractivity (Wildman–Crippen MR) is 491 cm³/mol. The molecule has 19 rings (SSSR count). The number of aryl methyl sites for hydroxylation is 2. The van der Waals surface area contributed by atoms with Gasteiger partial charge in [-0.3, -0.25) is 43.1 Å². The van der Waals surface area contributed by atoms with E-state index in [-0.39, 0.29) is 17.7 Å². The van der Waals surface area contributed by atoms with Crippen molar-refractivity contribution in [1.29, 1.82) is 0 Å². The molecule has 0 atom stereocenters. The summed E-state index contributed by atoms with van der Waals surface area (Å²) < 4.78 is 24.9. The molecule has 3 aliphatic heterocycles. The maximum Gasteiger partial charge on any atom is 0.272 e. The molecule has 0 radical (unpaired) electrons. The summed E-state index contributed by atoms with van der Waals surface area (Å²) in [7, 11) is 5.14. The Morgan fingerprint density at radius 3 is 1.05 bits per heavy atom. The van der Waals surface area contributed by atoms with Gasteiger partial charge in [0.2, 0.25) is 0 Å². The number of nitrogens with one attached hydrogen (secondary N) is 4. The maximum absolute atomic E-state index is 13.7. The number of imidazole rings is 1. The number of ether oxygens (including phenoxy) is 3. The maximum atomic E-state index is 13.7. The van der Waals surface area contributed by atoms with Gasteiger partial charge in [0.1, 0.15) is 17.2 Å². The first kappa shape index (κ1) is 82.9. The summed E-state index contributed by atoms with van der Waals surface area (Å²) >= 11 is 0. The number of carbonyl (C=O) groups is 3. The lowest BCUT2D eigenvalue weighted by atomic mass is 10.0. The van der Waals surface area contributed by atoms with Crippen LogP contribution in [-0.2, 0) is 104 Å². The van der Waals surface area contributed by atoms with Crippen molar-refractivity contribution in [2.45, 2.75) is 124 Å². The number of benzene rings is 12. The van der Waals surface area contributed by atoms with Crippen LogP contribution in [0.5, 0.6) is 17.2 Å². The quantitative estimate of drug-likeness (QED) is 0.0322. The van der Waals surface area contributed by atoms with Crippen molar-refractivity contribution >= 4 is 82.4 Å². The van der Waals surface area contributed by atoms with E-state index in [1.54, 1.807) is 27.5 Å². The number of hydrogen-bond donors (Lipinski definition) is 5. The molecular formula is C102H106N16O6. The van der Waals surface area contributed by atoms with Gasteiger partial charge < -0.3 is 45.8 Å². The van der Waals surface area contributed by atoms with Crippen LogP contribution in [-0.4, -0.2) is 131 Å². The van der Waals surface area contributed by atoms with Crippen LogP contribution >= 0.6 is 0 Å². The van der Waals surface area contributed by atoms with Crippen molar-refractivity contribution < 1.29 is 28.6 Å². The van der Waals surface area contributed by atoms with Crippen LogP contribution in [0.25, 0.3) is 64.6 Å². The minimum absolute atomic E-state index is 0.119. The molecule has 0 unspecified atom stereocenters. The monoisotopic (exact) mass is 1650 g/mol. The molecule has 0 fully saturated rings. The Labute approximate surface area is 722 Å². The Morgan fingerprint density at radius 1 is 0.379 bits per heavy atom. The number of nitrogens with zero attached hydrogens (tertiary/aromatic N) is 11. The molecule has 16 aromatic rings. The molecule has 0 aliphatic carbocycles. The van der Waals surface area contributed by atoms with Gasteiger partial charge in [0.15, 0.2) is 17.1 Å². The fourth-order valence-electron chi connectivity index (χ4n) is 18.1. The summed E-state index contributed by atoms with van der Waals surface area (Å²) in [6, 6.07) is 81.5. The van der Waals surface area contributed by atoms with Crippen molar-refractivity contribution in [2.75, 3.05) is 54.1 Å². The topological polar surface area (TPSA) is 234 Å². The van der Waals surface area contributed by atoms with Crippen molar-refractivity contribution in [2.24, 2.45) is 5.73 Å². The van der Waals surface area contributed by atoms with Crippen LogP contribution < -0.4 is 41.2 Å². The van der Waals surface area contributed by atoms with Gasteiger partial charge in [-0.2, -0.15) is 15.3 Å². The number of rotatable bonds is 27. The van der Waals surface area contributed by atoms with Crippen LogP contribution in [0.2, 0.25) is 0 Å². The van der Waals surface area contributed by atoms with E-state index >= 15 is 0 Å².